The maximum absolute atomic E-state index is 5.77. The lowest BCUT2D eigenvalue weighted by Gasteiger charge is -2.01. The number of anilines is 1. The highest BCUT2D eigenvalue weighted by Gasteiger charge is 2.12. The van der Waals surface area contributed by atoms with Crippen LogP contribution >= 0.6 is 0 Å². The Kier molecular flexibility index (Phi) is 2.99. The number of benzene rings is 2. The summed E-state index contributed by atoms with van der Waals surface area (Å²) in [6.07, 6.45) is 0. The van der Waals surface area contributed by atoms with Crippen molar-refractivity contribution in [3.63, 3.8) is 0 Å². The number of aromatic nitrogens is 2. The molecule has 0 amide bonds. The number of hydrogen-bond acceptors (Lipinski definition) is 4. The second kappa shape index (κ2) is 4.81. The number of nitrogens with two attached hydrogens (primary N) is 1. The van der Waals surface area contributed by atoms with Gasteiger partial charge in [0, 0.05) is 16.8 Å². The Morgan fingerprint density at radius 2 is 1.90 bits per heavy atom. The highest BCUT2D eigenvalue weighted by Crippen LogP contribution is 2.26. The van der Waals surface area contributed by atoms with Gasteiger partial charge in [-0.1, -0.05) is 28.9 Å². The van der Waals surface area contributed by atoms with Crippen molar-refractivity contribution in [1.82, 2.24) is 10.1 Å². The van der Waals surface area contributed by atoms with Gasteiger partial charge in [0.25, 0.3) is 5.89 Å². The number of nitrogens with zero attached hydrogens (tertiary/aromatic N) is 2. The molecule has 20 heavy (non-hydrogen) atoms. The number of rotatable bonds is 2. The third-order valence-electron chi connectivity index (χ3n) is 3.19. The summed E-state index contributed by atoms with van der Waals surface area (Å²) in [5.41, 5.74) is 10.5. The van der Waals surface area contributed by atoms with E-state index in [0.717, 1.165) is 16.7 Å². The second-order valence-corrected chi connectivity index (χ2v) is 4.87. The van der Waals surface area contributed by atoms with Crippen LogP contribution in [-0.2, 0) is 0 Å². The van der Waals surface area contributed by atoms with Crippen molar-refractivity contribution < 1.29 is 4.52 Å². The van der Waals surface area contributed by atoms with Gasteiger partial charge in [-0.3, -0.25) is 0 Å². The van der Waals surface area contributed by atoms with Gasteiger partial charge < -0.3 is 10.3 Å². The first-order valence-corrected chi connectivity index (χ1v) is 6.41. The molecule has 2 aromatic carbocycles. The first-order valence-electron chi connectivity index (χ1n) is 6.41. The van der Waals surface area contributed by atoms with Gasteiger partial charge in [-0.05, 0) is 43.7 Å². The molecule has 100 valence electrons. The quantitative estimate of drug-likeness (QED) is 0.719. The minimum atomic E-state index is 0.480. The van der Waals surface area contributed by atoms with Crippen LogP contribution in [0.5, 0.6) is 0 Å². The fourth-order valence-electron chi connectivity index (χ4n) is 2.10. The third kappa shape index (κ3) is 2.28. The van der Waals surface area contributed by atoms with E-state index in [2.05, 4.69) is 28.3 Å². The van der Waals surface area contributed by atoms with Gasteiger partial charge >= 0.3 is 0 Å². The SMILES string of the molecule is Cc1ccc(C)c(-c2noc(-c3cccc(N)c3)n2)c1. The Labute approximate surface area is 117 Å². The van der Waals surface area contributed by atoms with Crippen molar-refractivity contribution in [1.29, 1.82) is 0 Å². The van der Waals surface area contributed by atoms with E-state index in [1.807, 2.05) is 38.1 Å². The molecule has 1 heterocycles. The van der Waals surface area contributed by atoms with E-state index in [4.69, 9.17) is 10.3 Å². The van der Waals surface area contributed by atoms with E-state index in [9.17, 15) is 0 Å². The lowest BCUT2D eigenvalue weighted by Crippen LogP contribution is -1.87. The van der Waals surface area contributed by atoms with Crippen molar-refractivity contribution in [2.45, 2.75) is 13.8 Å². The van der Waals surface area contributed by atoms with Gasteiger partial charge in [-0.2, -0.15) is 4.98 Å². The third-order valence-corrected chi connectivity index (χ3v) is 3.19. The van der Waals surface area contributed by atoms with Gasteiger partial charge in [0.1, 0.15) is 0 Å². The van der Waals surface area contributed by atoms with Crippen molar-refractivity contribution in [3.8, 4) is 22.8 Å². The van der Waals surface area contributed by atoms with E-state index in [-0.39, 0.29) is 0 Å². The molecule has 0 aliphatic rings. The molecule has 0 fully saturated rings. The molecule has 0 unspecified atom stereocenters. The molecule has 0 spiro atoms. The first kappa shape index (κ1) is 12.4. The zero-order chi connectivity index (χ0) is 14.1. The molecule has 0 radical (unpaired) electrons. The first-order chi connectivity index (χ1) is 9.63. The Morgan fingerprint density at radius 3 is 2.70 bits per heavy atom. The van der Waals surface area contributed by atoms with Crippen molar-refractivity contribution in [2.24, 2.45) is 0 Å². The summed E-state index contributed by atoms with van der Waals surface area (Å²) in [7, 11) is 0. The summed E-state index contributed by atoms with van der Waals surface area (Å²) in [5.74, 6) is 1.08. The van der Waals surface area contributed by atoms with Gasteiger partial charge in [-0.25, -0.2) is 0 Å². The Bertz CT molecular complexity index is 762. The summed E-state index contributed by atoms with van der Waals surface area (Å²) in [4.78, 5) is 4.46. The van der Waals surface area contributed by atoms with Crippen molar-refractivity contribution in [2.75, 3.05) is 5.73 Å². The average molecular weight is 265 g/mol. The molecule has 0 saturated heterocycles. The Morgan fingerprint density at radius 1 is 1.05 bits per heavy atom. The van der Waals surface area contributed by atoms with Gasteiger partial charge in [0.2, 0.25) is 5.82 Å². The summed E-state index contributed by atoms with van der Waals surface area (Å²) < 4.78 is 5.34. The van der Waals surface area contributed by atoms with E-state index < -0.39 is 0 Å². The summed E-state index contributed by atoms with van der Waals surface area (Å²) in [5, 5.41) is 4.07. The maximum Gasteiger partial charge on any atom is 0.258 e. The van der Waals surface area contributed by atoms with E-state index in [0.29, 0.717) is 17.4 Å². The van der Waals surface area contributed by atoms with E-state index in [1.54, 1.807) is 0 Å². The fraction of sp³-hybridized carbons (Fsp3) is 0.125. The van der Waals surface area contributed by atoms with Gasteiger partial charge in [0.05, 0.1) is 0 Å². The zero-order valence-electron chi connectivity index (χ0n) is 11.4. The van der Waals surface area contributed by atoms with Crippen LogP contribution < -0.4 is 5.73 Å². The molecule has 3 aromatic rings. The largest absolute Gasteiger partial charge is 0.399 e. The summed E-state index contributed by atoms with van der Waals surface area (Å²) in [6.45, 7) is 4.08. The highest BCUT2D eigenvalue weighted by atomic mass is 16.5. The summed E-state index contributed by atoms with van der Waals surface area (Å²) >= 11 is 0. The molecule has 3 rings (SSSR count). The minimum Gasteiger partial charge on any atom is -0.399 e. The normalized spacial score (nSPS) is 10.7. The molecule has 4 nitrogen and oxygen atoms in total. The van der Waals surface area contributed by atoms with Crippen LogP contribution in [0.15, 0.2) is 47.0 Å². The van der Waals surface area contributed by atoms with Crippen molar-refractivity contribution >= 4 is 5.69 Å². The summed E-state index contributed by atoms with van der Waals surface area (Å²) in [6, 6.07) is 13.6. The Balaban J connectivity index is 2.04. The Hall–Kier alpha value is -2.62. The van der Waals surface area contributed by atoms with Gasteiger partial charge in [0.15, 0.2) is 0 Å². The van der Waals surface area contributed by atoms with Crippen LogP contribution in [0.3, 0.4) is 0 Å². The monoisotopic (exact) mass is 265 g/mol. The van der Waals surface area contributed by atoms with E-state index >= 15 is 0 Å². The van der Waals surface area contributed by atoms with E-state index in [1.165, 1.54) is 5.56 Å². The maximum atomic E-state index is 5.77. The lowest BCUT2D eigenvalue weighted by atomic mass is 10.1. The number of aryl methyl sites for hydroxylation is 2. The standard InChI is InChI=1S/C16H15N3O/c1-10-6-7-11(2)14(8-10)15-18-16(20-19-15)12-4-3-5-13(17)9-12/h3-9H,17H2,1-2H3. The van der Waals surface area contributed by atoms with Crippen LogP contribution in [-0.4, -0.2) is 10.1 Å². The van der Waals surface area contributed by atoms with Crippen LogP contribution in [0.25, 0.3) is 22.8 Å². The minimum absolute atomic E-state index is 0.480. The van der Waals surface area contributed by atoms with Crippen LogP contribution in [0.2, 0.25) is 0 Å². The molecule has 0 atom stereocenters. The van der Waals surface area contributed by atoms with Gasteiger partial charge in [-0.15, -0.1) is 0 Å². The lowest BCUT2D eigenvalue weighted by molar-refractivity contribution is 0.432. The number of hydrogen-bond donors (Lipinski definition) is 1. The smallest absolute Gasteiger partial charge is 0.258 e. The predicted molar refractivity (Wildman–Crippen MR) is 79.1 cm³/mol. The zero-order valence-corrected chi connectivity index (χ0v) is 11.4. The molecular formula is C16H15N3O. The molecule has 2 N–H and O–H groups in total. The predicted octanol–water partition coefficient (Wildman–Crippen LogP) is 3.60. The van der Waals surface area contributed by atoms with Crippen LogP contribution in [0, 0.1) is 13.8 Å². The van der Waals surface area contributed by atoms with Crippen molar-refractivity contribution in [3.05, 3.63) is 53.6 Å². The highest BCUT2D eigenvalue weighted by molar-refractivity contribution is 5.65. The molecule has 4 heteroatoms. The number of nitrogen functional groups attached to an aromatic ring is 1. The molecule has 1 aromatic heterocycles. The molecule has 0 saturated carbocycles. The molecule has 0 aliphatic carbocycles. The van der Waals surface area contributed by atoms with Crippen LogP contribution in [0.4, 0.5) is 5.69 Å². The fourth-order valence-corrected chi connectivity index (χ4v) is 2.10. The second-order valence-electron chi connectivity index (χ2n) is 4.87. The molecule has 0 bridgehead atoms. The average Bonchev–Trinajstić information content (AvgIpc) is 2.91. The molecule has 0 aliphatic heterocycles. The molecular weight excluding hydrogens is 250 g/mol. The topological polar surface area (TPSA) is 64.9 Å². The van der Waals surface area contributed by atoms with Crippen LogP contribution in [0.1, 0.15) is 11.1 Å².